The van der Waals surface area contributed by atoms with E-state index in [0.29, 0.717) is 40.9 Å². The lowest BCUT2D eigenvalue weighted by atomic mass is 9.74. The average Bonchev–Trinajstić information content (AvgIpc) is 3.81. The van der Waals surface area contributed by atoms with Crippen molar-refractivity contribution in [1.29, 1.82) is 0 Å². The van der Waals surface area contributed by atoms with Gasteiger partial charge in [-0.1, -0.05) is 70.2 Å². The van der Waals surface area contributed by atoms with Crippen LogP contribution >= 0.6 is 0 Å². The van der Waals surface area contributed by atoms with Crippen LogP contribution in [0.25, 0.3) is 10.9 Å². The average molecular weight is 722 g/mol. The van der Waals surface area contributed by atoms with Gasteiger partial charge in [0.15, 0.2) is 11.9 Å². The first kappa shape index (κ1) is 37.9. The number of aromatic amines is 1. The Labute approximate surface area is 291 Å². The van der Waals surface area contributed by atoms with E-state index in [4.69, 9.17) is 9.47 Å². The van der Waals surface area contributed by atoms with E-state index in [1.807, 2.05) is 36.4 Å². The molecule has 0 saturated carbocycles. The molecule has 2 aliphatic heterocycles. The fourth-order valence-corrected chi connectivity index (χ4v) is 6.75. The summed E-state index contributed by atoms with van der Waals surface area (Å²) in [5, 5.41) is 30.5. The molecule has 14 heteroatoms. The van der Waals surface area contributed by atoms with E-state index in [-0.39, 0.29) is 0 Å². The molecule has 4 N–H and O–H groups in total. The number of aliphatic hydroxyl groups is 2. The lowest BCUT2D eigenvalue weighted by molar-refractivity contribution is -0.266. The third-order valence-corrected chi connectivity index (χ3v) is 9.78. The Morgan fingerprint density at radius 3 is 1.80 bits per heavy atom. The maximum Gasteiger partial charge on any atom is 0.424 e. The molecule has 6 rings (SSSR count). The summed E-state index contributed by atoms with van der Waals surface area (Å²) in [6.45, 7) is 5.85. The number of ether oxygens (including phenoxy) is 2. The second-order valence-corrected chi connectivity index (χ2v) is 14.7. The third-order valence-electron chi connectivity index (χ3n) is 9.78. The van der Waals surface area contributed by atoms with Gasteiger partial charge in [0.2, 0.25) is 5.60 Å². The highest BCUT2D eigenvalue weighted by Crippen LogP contribution is 2.46. The zero-order valence-corrected chi connectivity index (χ0v) is 28.5. The summed E-state index contributed by atoms with van der Waals surface area (Å²) in [6, 6.07) is 19.8. The highest BCUT2D eigenvalue weighted by atomic mass is 19.4. The van der Waals surface area contributed by atoms with Crippen molar-refractivity contribution in [2.45, 2.75) is 89.1 Å². The van der Waals surface area contributed by atoms with Crippen LogP contribution in [-0.4, -0.2) is 69.0 Å². The number of benzene rings is 3. The second kappa shape index (κ2) is 13.7. The Morgan fingerprint density at radius 2 is 1.31 bits per heavy atom. The molecule has 0 fully saturated rings. The third kappa shape index (κ3) is 7.96. The molecular formula is C37H41F6N3O5. The molecule has 0 saturated heterocycles. The van der Waals surface area contributed by atoms with Crippen LogP contribution in [0.5, 0.6) is 11.5 Å². The van der Waals surface area contributed by atoms with Crippen molar-refractivity contribution in [3.63, 3.8) is 0 Å². The van der Waals surface area contributed by atoms with Crippen LogP contribution in [0, 0.1) is 10.8 Å². The normalized spacial score (nSPS) is 19.8. The molecule has 276 valence electrons. The summed E-state index contributed by atoms with van der Waals surface area (Å²) >= 11 is 0. The minimum absolute atomic E-state index is 0.434. The molecule has 4 aromatic rings. The van der Waals surface area contributed by atoms with Crippen LogP contribution in [0.15, 0.2) is 72.9 Å². The number of rotatable bonds is 10. The number of halogens is 6. The minimum Gasteiger partial charge on any atom is -0.489 e. The standard InChI is InChI=1S/C22H24F3N3O2.C15H17F3O3/c1-20(2,19-10-14-6-3-4-9-18(14)30-19)12-21(29,22(23,24)25)13-26-16-7-5-8-17-15(16)11-27-28-17;1-13(2,8-14(20,9-19)15(16,17)18)12-7-10-5-3-4-6-11(10)21-12/h3-9,11,19,26,29H,10,12-13H2,1-2H3,(H,27,28);3-6,9,12,20H,7-8H2,1-2H3. The predicted molar refractivity (Wildman–Crippen MR) is 179 cm³/mol. The number of H-pyrrole nitrogens is 1. The number of para-hydroxylation sites is 2. The van der Waals surface area contributed by atoms with Gasteiger partial charge in [-0.2, -0.15) is 31.4 Å². The molecule has 4 atom stereocenters. The molecule has 3 aromatic carbocycles. The number of hydrogen-bond donors (Lipinski definition) is 4. The van der Waals surface area contributed by atoms with Crippen molar-refractivity contribution in [1.82, 2.24) is 10.2 Å². The van der Waals surface area contributed by atoms with Gasteiger partial charge >= 0.3 is 12.4 Å². The molecule has 8 nitrogen and oxygen atoms in total. The van der Waals surface area contributed by atoms with E-state index in [2.05, 4.69) is 15.5 Å². The lowest BCUT2D eigenvalue weighted by Crippen LogP contribution is -2.55. The fourth-order valence-electron chi connectivity index (χ4n) is 6.75. The van der Waals surface area contributed by atoms with Crippen molar-refractivity contribution in [2.75, 3.05) is 11.9 Å². The first-order valence-electron chi connectivity index (χ1n) is 16.4. The highest BCUT2D eigenvalue weighted by Gasteiger charge is 2.58. The summed E-state index contributed by atoms with van der Waals surface area (Å²) in [5.74, 6) is 1.33. The van der Waals surface area contributed by atoms with Crippen LogP contribution in [0.3, 0.4) is 0 Å². The van der Waals surface area contributed by atoms with Crippen molar-refractivity contribution in [3.05, 3.63) is 84.1 Å². The minimum atomic E-state index is -5.00. The van der Waals surface area contributed by atoms with Gasteiger partial charge < -0.3 is 25.0 Å². The molecule has 51 heavy (non-hydrogen) atoms. The van der Waals surface area contributed by atoms with Crippen molar-refractivity contribution in [3.8, 4) is 11.5 Å². The van der Waals surface area contributed by atoms with Crippen LogP contribution < -0.4 is 14.8 Å². The van der Waals surface area contributed by atoms with Gasteiger partial charge in [-0.15, -0.1) is 0 Å². The van der Waals surface area contributed by atoms with Crippen LogP contribution in [0.2, 0.25) is 0 Å². The van der Waals surface area contributed by atoms with E-state index in [0.717, 1.165) is 11.1 Å². The molecule has 2 aliphatic rings. The zero-order chi connectivity index (χ0) is 37.5. The molecule has 4 unspecified atom stereocenters. The molecule has 0 spiro atoms. The number of carbonyl (C=O) groups excluding carboxylic acids is 1. The largest absolute Gasteiger partial charge is 0.489 e. The van der Waals surface area contributed by atoms with Crippen LogP contribution in [0.1, 0.15) is 51.7 Å². The lowest BCUT2D eigenvalue weighted by Gasteiger charge is -2.40. The summed E-state index contributed by atoms with van der Waals surface area (Å²) in [5.41, 5.74) is -5.17. The number of aromatic nitrogens is 2. The quantitative estimate of drug-likeness (QED) is 0.0986. The SMILES string of the molecule is CC(C)(CC(O)(C=O)C(F)(F)F)C1Cc2ccccc2O1.CC(C)(CC(O)(CNc1cccc2[nH]ncc12)C(F)(F)F)C1Cc2ccccc2O1. The summed E-state index contributed by atoms with van der Waals surface area (Å²) in [7, 11) is 0. The number of nitrogens with zero attached hydrogens (tertiary/aromatic N) is 1. The van der Waals surface area contributed by atoms with Gasteiger partial charge in [0, 0.05) is 41.2 Å². The van der Waals surface area contributed by atoms with E-state index in [1.54, 1.807) is 58.0 Å². The first-order valence-corrected chi connectivity index (χ1v) is 16.4. The van der Waals surface area contributed by atoms with Gasteiger partial charge in [-0.05, 0) is 41.8 Å². The van der Waals surface area contributed by atoms with Gasteiger partial charge in [0.1, 0.15) is 23.7 Å². The van der Waals surface area contributed by atoms with E-state index >= 15 is 0 Å². The Hall–Kier alpha value is -4.30. The summed E-state index contributed by atoms with van der Waals surface area (Å²) in [6.07, 6.45) is -9.97. The first-order chi connectivity index (χ1) is 23.7. The molecule has 0 bridgehead atoms. The van der Waals surface area contributed by atoms with Crippen molar-refractivity contribution >= 4 is 22.9 Å². The monoisotopic (exact) mass is 721 g/mol. The molecular weight excluding hydrogens is 680 g/mol. The Kier molecular flexibility index (Phi) is 10.2. The number of hydrogen-bond acceptors (Lipinski definition) is 7. The number of nitrogens with one attached hydrogen (secondary N) is 2. The highest BCUT2D eigenvalue weighted by molar-refractivity contribution is 5.90. The molecule has 3 heterocycles. The smallest absolute Gasteiger partial charge is 0.424 e. The van der Waals surface area contributed by atoms with E-state index in [1.165, 1.54) is 6.20 Å². The van der Waals surface area contributed by atoms with Gasteiger partial charge in [-0.3, -0.25) is 9.89 Å². The fraction of sp³-hybridized carbons (Fsp3) is 0.459. The van der Waals surface area contributed by atoms with Crippen molar-refractivity contribution in [2.24, 2.45) is 10.8 Å². The molecule has 0 amide bonds. The zero-order valence-electron chi connectivity index (χ0n) is 28.5. The number of anilines is 1. The molecule has 1 aromatic heterocycles. The Bertz CT molecular complexity index is 1790. The maximum atomic E-state index is 14.0. The number of carbonyl (C=O) groups is 1. The van der Waals surface area contributed by atoms with Gasteiger partial charge in [0.05, 0.1) is 18.3 Å². The maximum absolute atomic E-state index is 14.0. The molecule has 0 aliphatic carbocycles. The predicted octanol–water partition coefficient (Wildman–Crippen LogP) is 7.59. The Morgan fingerprint density at radius 1 is 0.784 bits per heavy atom. The van der Waals surface area contributed by atoms with Crippen molar-refractivity contribution < 1.29 is 50.8 Å². The van der Waals surface area contributed by atoms with E-state index in [9.17, 15) is 41.4 Å². The van der Waals surface area contributed by atoms with Gasteiger partial charge in [-0.25, -0.2) is 0 Å². The topological polar surface area (TPSA) is 117 Å². The summed E-state index contributed by atoms with van der Waals surface area (Å²) in [4.78, 5) is 10.8. The number of aldehydes is 1. The number of fused-ring (bicyclic) bond motifs is 3. The molecule has 0 radical (unpaired) electrons. The van der Waals surface area contributed by atoms with Crippen LogP contribution in [0.4, 0.5) is 32.0 Å². The second-order valence-electron chi connectivity index (χ2n) is 14.7. The number of alkyl halides is 6. The Balaban J connectivity index is 0.000000211. The van der Waals surface area contributed by atoms with Crippen LogP contribution in [-0.2, 0) is 17.6 Å². The summed E-state index contributed by atoms with van der Waals surface area (Å²) < 4.78 is 92.2. The van der Waals surface area contributed by atoms with E-state index < -0.39 is 72.3 Å². The van der Waals surface area contributed by atoms with Gasteiger partial charge in [0.25, 0.3) is 0 Å².